The van der Waals surface area contributed by atoms with Crippen molar-refractivity contribution in [2.24, 2.45) is 0 Å². The minimum Gasteiger partial charge on any atom is -0.454 e. The number of nitrogens with zero attached hydrogens (tertiary/aromatic N) is 1. The Bertz CT molecular complexity index is 1470. The first-order valence-corrected chi connectivity index (χ1v) is 10.8. The number of rotatable bonds is 6. The molecule has 0 spiro atoms. The highest BCUT2D eigenvalue weighted by Crippen LogP contribution is 2.34. The van der Waals surface area contributed by atoms with Gasteiger partial charge in [-0.2, -0.15) is 0 Å². The molecule has 1 N–H and O–H groups in total. The average Bonchev–Trinajstić information content (AvgIpc) is 3.24. The molecular weight excluding hydrogens is 400 g/mol. The third-order valence-electron chi connectivity index (χ3n) is 5.73. The van der Waals surface area contributed by atoms with Gasteiger partial charge in [-0.15, -0.1) is 0 Å². The van der Waals surface area contributed by atoms with Gasteiger partial charge < -0.3 is 14.2 Å². The summed E-state index contributed by atoms with van der Waals surface area (Å²) in [7, 11) is 0. The lowest BCUT2D eigenvalue weighted by Gasteiger charge is -2.06. The number of benzene rings is 2. The second kappa shape index (κ2) is 8.44. The molecule has 5 nitrogen and oxygen atoms in total. The van der Waals surface area contributed by atoms with Crippen LogP contribution in [0.2, 0.25) is 0 Å². The van der Waals surface area contributed by atoms with E-state index < -0.39 is 5.63 Å². The number of hydrogen-bond acceptors (Lipinski definition) is 5. The first-order valence-electron chi connectivity index (χ1n) is 10.8. The fourth-order valence-corrected chi connectivity index (χ4v) is 4.05. The Kier molecular flexibility index (Phi) is 5.33. The molecule has 3 heterocycles. The first-order chi connectivity index (χ1) is 15.6. The van der Waals surface area contributed by atoms with Crippen LogP contribution in [0.25, 0.3) is 33.3 Å². The van der Waals surface area contributed by atoms with E-state index in [2.05, 4.69) is 34.6 Å². The lowest BCUT2D eigenvalue weighted by Crippen LogP contribution is -2.17. The summed E-state index contributed by atoms with van der Waals surface area (Å²) >= 11 is 0. The Hall–Kier alpha value is -3.70. The Morgan fingerprint density at radius 1 is 0.938 bits per heavy atom. The number of aryl methyl sites for hydroxylation is 2. The van der Waals surface area contributed by atoms with E-state index in [0.717, 1.165) is 51.7 Å². The molecule has 0 aliphatic heterocycles. The van der Waals surface area contributed by atoms with Crippen LogP contribution in [-0.2, 0) is 13.0 Å². The van der Waals surface area contributed by atoms with Crippen molar-refractivity contribution in [2.45, 2.75) is 26.8 Å². The van der Waals surface area contributed by atoms with E-state index in [0.29, 0.717) is 17.9 Å². The second-order valence-corrected chi connectivity index (χ2v) is 8.11. The molecule has 5 rings (SSSR count). The molecule has 5 aromatic rings. The lowest BCUT2D eigenvalue weighted by molar-refractivity contribution is 0.559. The molecule has 5 heteroatoms. The monoisotopic (exact) mass is 424 g/mol. The maximum absolute atomic E-state index is 12.2. The van der Waals surface area contributed by atoms with Crippen LogP contribution in [0.3, 0.4) is 0 Å². The Morgan fingerprint density at radius 3 is 2.62 bits per heavy atom. The van der Waals surface area contributed by atoms with Gasteiger partial charge in [-0.05, 0) is 55.6 Å². The average molecular weight is 425 g/mol. The molecule has 160 valence electrons. The van der Waals surface area contributed by atoms with Crippen LogP contribution >= 0.6 is 0 Å². The molecule has 0 saturated carbocycles. The Labute approximate surface area is 185 Å². The van der Waals surface area contributed by atoms with Gasteiger partial charge >= 0.3 is 5.63 Å². The molecule has 0 fully saturated rings. The molecule has 0 bridgehead atoms. The van der Waals surface area contributed by atoms with Crippen molar-refractivity contribution in [1.82, 2.24) is 10.3 Å². The van der Waals surface area contributed by atoms with Gasteiger partial charge in [-0.1, -0.05) is 42.5 Å². The zero-order chi connectivity index (χ0) is 22.1. The fraction of sp³-hybridized carbons (Fsp3) is 0.185. The summed E-state index contributed by atoms with van der Waals surface area (Å²) in [6, 6.07) is 19.8. The minimum atomic E-state index is -0.392. The van der Waals surface area contributed by atoms with Crippen LogP contribution in [-0.4, -0.2) is 11.5 Å². The lowest BCUT2D eigenvalue weighted by atomic mass is 10.1. The third-order valence-corrected chi connectivity index (χ3v) is 5.73. The number of nitrogens with one attached hydrogen (secondary N) is 1. The van der Waals surface area contributed by atoms with Gasteiger partial charge in [0.1, 0.15) is 11.3 Å². The van der Waals surface area contributed by atoms with Crippen LogP contribution in [0.4, 0.5) is 0 Å². The van der Waals surface area contributed by atoms with Gasteiger partial charge in [0, 0.05) is 35.1 Å². The quantitative estimate of drug-likeness (QED) is 0.286. The number of pyridine rings is 1. The van der Waals surface area contributed by atoms with Crippen LogP contribution in [0, 0.1) is 13.8 Å². The largest absolute Gasteiger partial charge is 0.454 e. The van der Waals surface area contributed by atoms with Crippen molar-refractivity contribution in [3.05, 3.63) is 99.7 Å². The van der Waals surface area contributed by atoms with Gasteiger partial charge in [0.2, 0.25) is 0 Å². The van der Waals surface area contributed by atoms with Crippen molar-refractivity contribution < 1.29 is 8.83 Å². The molecular formula is C27H24N2O3. The Balaban J connectivity index is 1.47. The van der Waals surface area contributed by atoms with Crippen LogP contribution in [0.1, 0.15) is 22.4 Å². The van der Waals surface area contributed by atoms with Crippen molar-refractivity contribution in [1.29, 1.82) is 0 Å². The maximum atomic E-state index is 12.2. The van der Waals surface area contributed by atoms with Crippen molar-refractivity contribution in [3.63, 3.8) is 0 Å². The SMILES string of the molecule is Cc1ccc2c(-c3cc4c(CNCCc5ccccc5)cnc(C)c4o3)cc(=O)oc2c1. The second-order valence-electron chi connectivity index (χ2n) is 8.11. The normalized spacial score (nSPS) is 11.4. The topological polar surface area (TPSA) is 68.3 Å². The predicted octanol–water partition coefficient (Wildman–Crippen LogP) is 5.55. The standard InChI is InChI=1S/C27H24N2O3/c1-17-8-9-21-23(14-26(30)31-24(21)12-17)25-13-22-20(16-29-18(2)27(22)32-25)15-28-11-10-19-6-4-3-5-7-19/h3-9,12-14,16,28H,10-11,15H2,1-2H3. The summed E-state index contributed by atoms with van der Waals surface area (Å²) in [5.41, 5.74) is 5.88. The summed E-state index contributed by atoms with van der Waals surface area (Å²) in [6.45, 7) is 5.46. The number of furan rings is 1. The zero-order valence-corrected chi connectivity index (χ0v) is 18.1. The van der Waals surface area contributed by atoms with Gasteiger partial charge in [0.25, 0.3) is 0 Å². The van der Waals surface area contributed by atoms with Gasteiger partial charge in [0.15, 0.2) is 5.58 Å². The maximum Gasteiger partial charge on any atom is 0.336 e. The Morgan fingerprint density at radius 2 is 1.78 bits per heavy atom. The fourth-order valence-electron chi connectivity index (χ4n) is 4.05. The van der Waals surface area contributed by atoms with Gasteiger partial charge in [0.05, 0.1) is 5.69 Å². The van der Waals surface area contributed by atoms with Crippen molar-refractivity contribution in [2.75, 3.05) is 6.54 Å². The summed E-state index contributed by atoms with van der Waals surface area (Å²) in [5, 5.41) is 5.37. The minimum absolute atomic E-state index is 0.392. The van der Waals surface area contributed by atoms with E-state index in [1.54, 1.807) is 0 Å². The molecule has 0 unspecified atom stereocenters. The first kappa shape index (κ1) is 20.2. The highest BCUT2D eigenvalue weighted by molar-refractivity contribution is 5.95. The number of fused-ring (bicyclic) bond motifs is 2. The summed E-state index contributed by atoms with van der Waals surface area (Å²) < 4.78 is 11.6. The van der Waals surface area contributed by atoms with Crippen LogP contribution in [0.15, 0.2) is 80.5 Å². The number of aromatic nitrogens is 1. The molecule has 0 atom stereocenters. The van der Waals surface area contributed by atoms with Crippen molar-refractivity contribution >= 4 is 21.9 Å². The van der Waals surface area contributed by atoms with Gasteiger partial charge in [-0.3, -0.25) is 4.98 Å². The molecule has 0 aliphatic carbocycles. The summed E-state index contributed by atoms with van der Waals surface area (Å²) in [4.78, 5) is 16.7. The molecule has 3 aromatic heterocycles. The third kappa shape index (κ3) is 3.95. The van der Waals surface area contributed by atoms with E-state index in [9.17, 15) is 4.79 Å². The van der Waals surface area contributed by atoms with E-state index in [1.807, 2.05) is 50.4 Å². The molecule has 0 aliphatic rings. The predicted molar refractivity (Wildman–Crippen MR) is 127 cm³/mol. The molecule has 32 heavy (non-hydrogen) atoms. The smallest absolute Gasteiger partial charge is 0.336 e. The van der Waals surface area contributed by atoms with E-state index in [4.69, 9.17) is 8.83 Å². The van der Waals surface area contributed by atoms with E-state index >= 15 is 0 Å². The summed E-state index contributed by atoms with van der Waals surface area (Å²) in [6.07, 6.45) is 2.86. The van der Waals surface area contributed by atoms with Crippen molar-refractivity contribution in [3.8, 4) is 11.3 Å². The van der Waals surface area contributed by atoms with E-state index in [-0.39, 0.29) is 0 Å². The molecule has 0 radical (unpaired) electrons. The van der Waals surface area contributed by atoms with Crippen LogP contribution in [0.5, 0.6) is 0 Å². The highest BCUT2D eigenvalue weighted by Gasteiger charge is 2.16. The highest BCUT2D eigenvalue weighted by atomic mass is 16.4. The molecule has 2 aromatic carbocycles. The molecule has 0 amide bonds. The summed E-state index contributed by atoms with van der Waals surface area (Å²) in [5.74, 6) is 0.642. The zero-order valence-electron chi connectivity index (χ0n) is 18.1. The van der Waals surface area contributed by atoms with Gasteiger partial charge in [-0.25, -0.2) is 4.79 Å². The van der Waals surface area contributed by atoms with E-state index in [1.165, 1.54) is 11.6 Å². The number of hydrogen-bond donors (Lipinski definition) is 1. The van der Waals surface area contributed by atoms with Crippen LogP contribution < -0.4 is 10.9 Å². The molecule has 0 saturated heterocycles.